The Balaban J connectivity index is 2.24. The normalized spacial score (nSPS) is 11.7. The van der Waals surface area contributed by atoms with Crippen molar-refractivity contribution in [2.75, 3.05) is 27.3 Å². The fourth-order valence-electron chi connectivity index (χ4n) is 2.72. The Morgan fingerprint density at radius 2 is 1.70 bits per heavy atom. The summed E-state index contributed by atoms with van der Waals surface area (Å²) in [5.74, 6) is -0.761. The number of rotatable bonds is 7. The predicted molar refractivity (Wildman–Crippen MR) is 99.2 cm³/mol. The van der Waals surface area contributed by atoms with Gasteiger partial charge in [-0.2, -0.15) is 0 Å². The highest BCUT2D eigenvalue weighted by molar-refractivity contribution is 5.95. The molecule has 0 radical (unpaired) electrons. The van der Waals surface area contributed by atoms with Gasteiger partial charge in [-0.15, -0.1) is 0 Å². The highest BCUT2D eigenvalue weighted by atomic mass is 16.5. The van der Waals surface area contributed by atoms with Crippen LogP contribution < -0.4 is 0 Å². The number of amides is 1. The summed E-state index contributed by atoms with van der Waals surface area (Å²) >= 11 is 0. The summed E-state index contributed by atoms with van der Waals surface area (Å²) in [4.78, 5) is 25.3. The Morgan fingerprint density at radius 1 is 1.07 bits per heavy atom. The third-order valence-corrected chi connectivity index (χ3v) is 4.18. The van der Waals surface area contributed by atoms with Crippen LogP contribution in [0.1, 0.15) is 26.3 Å². The second-order valence-corrected chi connectivity index (χ2v) is 6.12. The van der Waals surface area contributed by atoms with Crippen LogP contribution in [0.5, 0.6) is 0 Å². The lowest BCUT2D eigenvalue weighted by molar-refractivity contribution is 0.0520. The molecular weight excluding hydrogens is 350 g/mol. The molecule has 0 spiro atoms. The van der Waals surface area contributed by atoms with Gasteiger partial charge in [0.05, 0.1) is 32.0 Å². The highest BCUT2D eigenvalue weighted by Gasteiger charge is 2.16. The minimum Gasteiger partial charge on any atom is -0.465 e. The van der Waals surface area contributed by atoms with Crippen LogP contribution in [0.15, 0.2) is 42.5 Å². The number of esters is 1. The molecule has 7 heteroatoms. The van der Waals surface area contributed by atoms with Crippen molar-refractivity contribution < 1.29 is 29.6 Å². The van der Waals surface area contributed by atoms with Gasteiger partial charge in [0, 0.05) is 19.2 Å². The van der Waals surface area contributed by atoms with E-state index >= 15 is 0 Å². The summed E-state index contributed by atoms with van der Waals surface area (Å²) in [6, 6.07) is 11.7. The van der Waals surface area contributed by atoms with Crippen LogP contribution in [0.25, 0.3) is 11.1 Å². The van der Waals surface area contributed by atoms with Gasteiger partial charge in [-0.05, 0) is 41.0 Å². The first-order chi connectivity index (χ1) is 12.9. The molecule has 0 fully saturated rings. The number of hydrogen-bond acceptors (Lipinski definition) is 6. The van der Waals surface area contributed by atoms with Crippen LogP contribution in [-0.4, -0.2) is 65.5 Å². The van der Waals surface area contributed by atoms with Crippen molar-refractivity contribution in [3.05, 3.63) is 59.2 Å². The Kier molecular flexibility index (Phi) is 7.06. The molecule has 7 nitrogen and oxygen atoms in total. The molecule has 2 rings (SSSR count). The number of carbonyl (C=O) groups is 2. The molecule has 0 aliphatic carbocycles. The number of methoxy groups -OCH3 is 1. The lowest BCUT2D eigenvalue weighted by Gasteiger charge is -2.20. The van der Waals surface area contributed by atoms with Crippen molar-refractivity contribution in [3.63, 3.8) is 0 Å². The average Bonchev–Trinajstić information content (AvgIpc) is 2.71. The van der Waals surface area contributed by atoms with E-state index in [4.69, 9.17) is 5.11 Å². The number of carbonyl (C=O) groups excluding carboxylic acids is 2. The van der Waals surface area contributed by atoms with Crippen molar-refractivity contribution >= 4 is 11.9 Å². The standard InChI is InChI=1S/C20H23NO6/c1-21(10-17(24)12-23)19(25)14-5-3-13(4-6-14)18-8-7-15(20(26)27-2)9-16(18)11-22/h3-9,17,22-24H,10-12H2,1-2H3/t17-/m1/s1. The third-order valence-electron chi connectivity index (χ3n) is 4.18. The first-order valence-electron chi connectivity index (χ1n) is 8.38. The average molecular weight is 373 g/mol. The fraction of sp³-hybridized carbons (Fsp3) is 0.300. The molecule has 0 heterocycles. The van der Waals surface area contributed by atoms with E-state index < -0.39 is 18.7 Å². The summed E-state index contributed by atoms with van der Waals surface area (Å²) in [6.45, 7) is -0.633. The molecular formula is C20H23NO6. The summed E-state index contributed by atoms with van der Waals surface area (Å²) in [5, 5.41) is 28.0. The predicted octanol–water partition coefficient (Wildman–Crippen LogP) is 1.06. The maximum absolute atomic E-state index is 12.4. The Morgan fingerprint density at radius 3 is 2.26 bits per heavy atom. The van der Waals surface area contributed by atoms with Gasteiger partial charge in [0.15, 0.2) is 0 Å². The van der Waals surface area contributed by atoms with Gasteiger partial charge in [0.1, 0.15) is 0 Å². The largest absolute Gasteiger partial charge is 0.465 e. The van der Waals surface area contributed by atoms with Crippen LogP contribution in [-0.2, 0) is 11.3 Å². The molecule has 0 aliphatic heterocycles. The highest BCUT2D eigenvalue weighted by Crippen LogP contribution is 2.26. The molecule has 3 N–H and O–H groups in total. The van der Waals surface area contributed by atoms with Crippen molar-refractivity contribution in [1.29, 1.82) is 0 Å². The smallest absolute Gasteiger partial charge is 0.337 e. The van der Waals surface area contributed by atoms with Gasteiger partial charge in [-0.1, -0.05) is 18.2 Å². The van der Waals surface area contributed by atoms with E-state index in [1.54, 1.807) is 49.5 Å². The van der Waals surface area contributed by atoms with Crippen molar-refractivity contribution in [2.24, 2.45) is 0 Å². The van der Waals surface area contributed by atoms with Gasteiger partial charge in [0.2, 0.25) is 0 Å². The molecule has 1 amide bonds. The van der Waals surface area contributed by atoms with E-state index in [0.29, 0.717) is 16.7 Å². The van der Waals surface area contributed by atoms with E-state index in [0.717, 1.165) is 11.1 Å². The third kappa shape index (κ3) is 4.91. The molecule has 2 aromatic carbocycles. The lowest BCUT2D eigenvalue weighted by atomic mass is 9.97. The molecule has 0 saturated heterocycles. The summed E-state index contributed by atoms with van der Waals surface area (Å²) in [6.07, 6.45) is -0.987. The SMILES string of the molecule is COC(=O)c1ccc(-c2ccc(C(=O)N(C)C[C@@H](O)CO)cc2)c(CO)c1. The number of benzene rings is 2. The van der Waals surface area contributed by atoms with E-state index in [9.17, 15) is 19.8 Å². The second kappa shape index (κ2) is 9.27. The van der Waals surface area contributed by atoms with E-state index in [1.807, 2.05) is 0 Å². The van der Waals surface area contributed by atoms with Crippen LogP contribution in [0.3, 0.4) is 0 Å². The number of ether oxygens (including phenoxy) is 1. The van der Waals surface area contributed by atoms with Gasteiger partial charge in [-0.3, -0.25) is 4.79 Å². The minimum absolute atomic E-state index is 0.0285. The van der Waals surface area contributed by atoms with Gasteiger partial charge in [0.25, 0.3) is 5.91 Å². The molecule has 0 aromatic heterocycles. The molecule has 0 saturated carbocycles. The molecule has 144 valence electrons. The first-order valence-corrected chi connectivity index (χ1v) is 8.38. The molecule has 27 heavy (non-hydrogen) atoms. The van der Waals surface area contributed by atoms with Gasteiger partial charge < -0.3 is 25.0 Å². The van der Waals surface area contributed by atoms with E-state index in [-0.39, 0.29) is 19.1 Å². The van der Waals surface area contributed by atoms with Crippen LogP contribution in [0.4, 0.5) is 0 Å². The monoisotopic (exact) mass is 373 g/mol. The van der Waals surface area contributed by atoms with Crippen LogP contribution in [0.2, 0.25) is 0 Å². The summed E-state index contributed by atoms with van der Waals surface area (Å²) in [7, 11) is 2.84. The topological polar surface area (TPSA) is 107 Å². The number of nitrogens with zero attached hydrogens (tertiary/aromatic N) is 1. The van der Waals surface area contributed by atoms with E-state index in [1.165, 1.54) is 12.0 Å². The molecule has 2 aromatic rings. The Bertz CT molecular complexity index is 803. The van der Waals surface area contributed by atoms with Crippen molar-refractivity contribution in [3.8, 4) is 11.1 Å². The minimum atomic E-state index is -0.987. The summed E-state index contributed by atoms with van der Waals surface area (Å²) < 4.78 is 4.69. The lowest BCUT2D eigenvalue weighted by Crippen LogP contribution is -2.35. The maximum Gasteiger partial charge on any atom is 0.337 e. The Hall–Kier alpha value is -2.74. The maximum atomic E-state index is 12.4. The number of hydrogen-bond donors (Lipinski definition) is 3. The quantitative estimate of drug-likeness (QED) is 0.627. The zero-order valence-corrected chi connectivity index (χ0v) is 15.3. The van der Waals surface area contributed by atoms with Crippen LogP contribution in [0, 0.1) is 0 Å². The number of aliphatic hydroxyl groups is 3. The Labute approximate surface area is 157 Å². The molecule has 1 atom stereocenters. The van der Waals surface area contributed by atoms with Crippen LogP contribution >= 0.6 is 0 Å². The first kappa shape index (κ1) is 20.6. The summed E-state index contributed by atoms with van der Waals surface area (Å²) in [5.41, 5.74) is 2.88. The zero-order valence-electron chi connectivity index (χ0n) is 15.3. The van der Waals surface area contributed by atoms with Gasteiger partial charge in [-0.25, -0.2) is 4.79 Å². The number of likely N-dealkylation sites (N-methyl/N-ethyl adjacent to an activating group) is 1. The molecule has 0 unspecified atom stereocenters. The molecule has 0 aliphatic rings. The number of aliphatic hydroxyl groups excluding tert-OH is 3. The fourth-order valence-corrected chi connectivity index (χ4v) is 2.72. The van der Waals surface area contributed by atoms with E-state index in [2.05, 4.69) is 4.74 Å². The van der Waals surface area contributed by atoms with Crippen molar-refractivity contribution in [1.82, 2.24) is 4.90 Å². The second-order valence-electron chi connectivity index (χ2n) is 6.12. The van der Waals surface area contributed by atoms with Crippen molar-refractivity contribution in [2.45, 2.75) is 12.7 Å². The van der Waals surface area contributed by atoms with Gasteiger partial charge >= 0.3 is 5.97 Å². The zero-order chi connectivity index (χ0) is 20.0. The molecule has 0 bridgehead atoms.